The quantitative estimate of drug-likeness (QED) is 0.332. The molecule has 2 aromatic rings. The van der Waals surface area contributed by atoms with E-state index in [9.17, 15) is 4.79 Å². The smallest absolute Gasteiger partial charge is 0.225 e. The van der Waals surface area contributed by atoms with Gasteiger partial charge in [0.25, 0.3) is 0 Å². The molecule has 30 heavy (non-hydrogen) atoms. The summed E-state index contributed by atoms with van der Waals surface area (Å²) in [4.78, 5) is 19.0. The third kappa shape index (κ3) is 6.72. The summed E-state index contributed by atoms with van der Waals surface area (Å²) in [5.41, 5.74) is 2.40. The molecule has 1 aliphatic heterocycles. The van der Waals surface area contributed by atoms with Crippen molar-refractivity contribution in [3.05, 3.63) is 53.9 Å². The van der Waals surface area contributed by atoms with Crippen molar-refractivity contribution in [1.82, 2.24) is 25.3 Å². The van der Waals surface area contributed by atoms with Crippen LogP contribution in [0.1, 0.15) is 38.3 Å². The number of aromatic nitrogens is 2. The van der Waals surface area contributed by atoms with Gasteiger partial charge >= 0.3 is 0 Å². The van der Waals surface area contributed by atoms with Crippen molar-refractivity contribution in [2.24, 2.45) is 10.9 Å². The molecule has 0 aliphatic carbocycles. The number of halogens is 1. The molecule has 1 aliphatic rings. The molecular formula is C22H33IN6O. The summed E-state index contributed by atoms with van der Waals surface area (Å²) in [6.07, 6.45) is 4.71. The van der Waals surface area contributed by atoms with Crippen LogP contribution in [0, 0.1) is 5.92 Å². The fourth-order valence-corrected chi connectivity index (χ4v) is 3.56. The van der Waals surface area contributed by atoms with E-state index in [4.69, 9.17) is 4.99 Å². The normalized spacial score (nSPS) is 16.5. The van der Waals surface area contributed by atoms with Crippen LogP contribution in [0.15, 0.2) is 47.7 Å². The van der Waals surface area contributed by atoms with Crippen molar-refractivity contribution < 1.29 is 4.79 Å². The summed E-state index contributed by atoms with van der Waals surface area (Å²) in [6, 6.07) is 10.5. The molecule has 1 unspecified atom stereocenters. The number of guanidine groups is 1. The minimum absolute atomic E-state index is 0. The summed E-state index contributed by atoms with van der Waals surface area (Å²) >= 11 is 0. The van der Waals surface area contributed by atoms with Gasteiger partial charge in [0.15, 0.2) is 5.96 Å². The SMILES string of the molecule is CCNC(=NCc1ccccc1Cn1cccn1)NC1CCN(C(=O)C(C)C)C1.I. The number of hydrogen-bond donors (Lipinski definition) is 2. The Morgan fingerprint density at radius 3 is 2.70 bits per heavy atom. The van der Waals surface area contributed by atoms with Crippen LogP contribution < -0.4 is 10.6 Å². The zero-order valence-electron chi connectivity index (χ0n) is 18.0. The Balaban J connectivity index is 0.00000320. The van der Waals surface area contributed by atoms with E-state index in [0.717, 1.165) is 38.6 Å². The Kier molecular flexibility index (Phi) is 9.61. The fraction of sp³-hybridized carbons (Fsp3) is 0.500. The van der Waals surface area contributed by atoms with Crippen molar-refractivity contribution in [3.8, 4) is 0 Å². The van der Waals surface area contributed by atoms with Crippen molar-refractivity contribution in [1.29, 1.82) is 0 Å². The van der Waals surface area contributed by atoms with E-state index < -0.39 is 0 Å². The molecule has 8 heteroatoms. The number of carbonyl (C=O) groups excluding carboxylic acids is 1. The molecule has 2 heterocycles. The lowest BCUT2D eigenvalue weighted by Gasteiger charge is -2.20. The maximum absolute atomic E-state index is 12.2. The number of benzene rings is 1. The third-order valence-corrected chi connectivity index (χ3v) is 5.10. The first-order valence-electron chi connectivity index (χ1n) is 10.4. The Labute approximate surface area is 196 Å². The topological polar surface area (TPSA) is 74.6 Å². The molecule has 0 radical (unpaired) electrons. The molecular weight excluding hydrogens is 491 g/mol. The Bertz CT molecular complexity index is 821. The third-order valence-electron chi connectivity index (χ3n) is 5.10. The van der Waals surface area contributed by atoms with E-state index in [1.807, 2.05) is 47.8 Å². The van der Waals surface area contributed by atoms with Gasteiger partial charge in [-0.1, -0.05) is 38.1 Å². The van der Waals surface area contributed by atoms with Crippen LogP contribution in [-0.2, 0) is 17.9 Å². The number of nitrogens with one attached hydrogen (secondary N) is 2. The van der Waals surface area contributed by atoms with Crippen LogP contribution >= 0.6 is 24.0 Å². The Hall–Kier alpha value is -2.10. The second-order valence-electron chi connectivity index (χ2n) is 7.74. The summed E-state index contributed by atoms with van der Waals surface area (Å²) in [7, 11) is 0. The number of hydrogen-bond acceptors (Lipinski definition) is 3. The highest BCUT2D eigenvalue weighted by Crippen LogP contribution is 2.14. The Morgan fingerprint density at radius 2 is 2.03 bits per heavy atom. The fourth-order valence-electron chi connectivity index (χ4n) is 3.56. The second kappa shape index (κ2) is 11.9. The molecule has 0 saturated carbocycles. The van der Waals surface area contributed by atoms with Crippen molar-refractivity contribution in [3.63, 3.8) is 0 Å². The van der Waals surface area contributed by atoms with Gasteiger partial charge in [0.05, 0.1) is 13.1 Å². The lowest BCUT2D eigenvalue weighted by atomic mass is 10.1. The van der Waals surface area contributed by atoms with E-state index in [2.05, 4.69) is 34.8 Å². The number of likely N-dealkylation sites (tertiary alicyclic amines) is 1. The number of aliphatic imine (C=N–C) groups is 1. The van der Waals surface area contributed by atoms with Crippen LogP contribution in [0.4, 0.5) is 0 Å². The van der Waals surface area contributed by atoms with Crippen molar-refractivity contribution in [2.75, 3.05) is 19.6 Å². The molecule has 1 atom stereocenters. The number of amides is 1. The molecule has 2 N–H and O–H groups in total. The maximum Gasteiger partial charge on any atom is 0.225 e. The van der Waals surface area contributed by atoms with E-state index >= 15 is 0 Å². The van der Waals surface area contributed by atoms with E-state index in [-0.39, 0.29) is 41.8 Å². The number of carbonyl (C=O) groups is 1. The van der Waals surface area contributed by atoms with Crippen LogP contribution in [0.25, 0.3) is 0 Å². The second-order valence-corrected chi connectivity index (χ2v) is 7.74. The van der Waals surface area contributed by atoms with Gasteiger partial charge in [0.2, 0.25) is 5.91 Å². The Morgan fingerprint density at radius 1 is 1.27 bits per heavy atom. The molecule has 7 nitrogen and oxygen atoms in total. The highest BCUT2D eigenvalue weighted by Gasteiger charge is 2.27. The predicted octanol–water partition coefficient (Wildman–Crippen LogP) is 2.86. The molecule has 3 rings (SSSR count). The van der Waals surface area contributed by atoms with Crippen molar-refractivity contribution in [2.45, 2.75) is 46.3 Å². The van der Waals surface area contributed by atoms with Gasteiger partial charge in [-0.2, -0.15) is 5.10 Å². The first-order chi connectivity index (χ1) is 14.1. The van der Waals surface area contributed by atoms with Crippen LogP contribution in [0.3, 0.4) is 0 Å². The van der Waals surface area contributed by atoms with Gasteiger partial charge in [0.1, 0.15) is 0 Å². The lowest BCUT2D eigenvalue weighted by molar-refractivity contribution is -0.133. The molecule has 1 aromatic heterocycles. The minimum atomic E-state index is 0. The lowest BCUT2D eigenvalue weighted by Crippen LogP contribution is -2.45. The average Bonchev–Trinajstić information content (AvgIpc) is 3.39. The van der Waals surface area contributed by atoms with E-state index in [0.29, 0.717) is 6.54 Å². The molecule has 0 spiro atoms. The first-order valence-corrected chi connectivity index (χ1v) is 10.4. The number of nitrogens with zero attached hydrogens (tertiary/aromatic N) is 4. The summed E-state index contributed by atoms with van der Waals surface area (Å²) in [5.74, 6) is 1.07. The minimum Gasteiger partial charge on any atom is -0.357 e. The molecule has 164 valence electrons. The van der Waals surface area contributed by atoms with E-state index in [1.54, 1.807) is 6.20 Å². The van der Waals surface area contributed by atoms with Gasteiger partial charge in [-0.25, -0.2) is 4.99 Å². The molecule has 0 bridgehead atoms. The average molecular weight is 524 g/mol. The maximum atomic E-state index is 12.2. The number of rotatable bonds is 7. The molecule has 1 aromatic carbocycles. The predicted molar refractivity (Wildman–Crippen MR) is 131 cm³/mol. The zero-order valence-corrected chi connectivity index (χ0v) is 20.4. The molecule has 1 fully saturated rings. The van der Waals surface area contributed by atoms with Gasteiger partial charge < -0.3 is 15.5 Å². The standard InChI is InChI=1S/C22H32N6O.HI/c1-4-23-22(26-20-10-13-27(16-20)21(29)17(2)3)24-14-18-8-5-6-9-19(18)15-28-12-7-11-25-28;/h5-9,11-12,17,20H,4,10,13-16H2,1-3H3,(H2,23,24,26);1H. The summed E-state index contributed by atoms with van der Waals surface area (Å²) in [6.45, 7) is 9.63. The summed E-state index contributed by atoms with van der Waals surface area (Å²) in [5, 5.41) is 11.1. The monoisotopic (exact) mass is 524 g/mol. The van der Waals surface area contributed by atoms with Crippen molar-refractivity contribution >= 4 is 35.8 Å². The highest BCUT2D eigenvalue weighted by atomic mass is 127. The van der Waals surface area contributed by atoms with E-state index in [1.165, 1.54) is 11.1 Å². The molecule has 1 amide bonds. The largest absolute Gasteiger partial charge is 0.357 e. The summed E-state index contributed by atoms with van der Waals surface area (Å²) < 4.78 is 1.92. The highest BCUT2D eigenvalue weighted by molar-refractivity contribution is 14.0. The van der Waals surface area contributed by atoms with Crippen LogP contribution in [0.2, 0.25) is 0 Å². The van der Waals surface area contributed by atoms with Gasteiger partial charge in [-0.05, 0) is 30.5 Å². The van der Waals surface area contributed by atoms with Gasteiger partial charge in [-0.3, -0.25) is 9.48 Å². The zero-order chi connectivity index (χ0) is 20.6. The first kappa shape index (κ1) is 24.2. The van der Waals surface area contributed by atoms with Crippen LogP contribution in [-0.4, -0.2) is 52.2 Å². The van der Waals surface area contributed by atoms with Gasteiger partial charge in [-0.15, -0.1) is 24.0 Å². The molecule has 1 saturated heterocycles. The van der Waals surface area contributed by atoms with Gasteiger partial charge in [0, 0.05) is 44.0 Å². The van der Waals surface area contributed by atoms with Crippen LogP contribution in [0.5, 0.6) is 0 Å².